The molecule has 5 rings (SSSR count). The number of piperidine rings is 1. The van der Waals surface area contributed by atoms with Gasteiger partial charge in [0, 0.05) is 30.6 Å². The molecule has 2 fully saturated rings. The minimum absolute atomic E-state index is 0.0128. The number of nitrogens with one attached hydrogen (secondary N) is 1. The second-order valence-electron chi connectivity index (χ2n) is 8.67. The third kappa shape index (κ3) is 3.85. The van der Waals surface area contributed by atoms with Gasteiger partial charge in [-0.15, -0.1) is 11.3 Å². The van der Waals surface area contributed by atoms with Crippen LogP contribution in [0.15, 0.2) is 23.6 Å². The molecule has 3 amide bonds. The lowest BCUT2D eigenvalue weighted by atomic mass is 9.95. The number of thiazole rings is 1. The number of amides is 3. The van der Waals surface area contributed by atoms with E-state index in [4.69, 9.17) is 0 Å². The number of benzene rings is 1. The first kappa shape index (κ1) is 20.9. The molecule has 1 aromatic carbocycles. The third-order valence-corrected chi connectivity index (χ3v) is 7.31. The highest BCUT2D eigenvalue weighted by molar-refractivity contribution is 7.13. The molecule has 168 valence electrons. The Kier molecular flexibility index (Phi) is 5.58. The molecule has 9 heteroatoms. The molecular formula is C23H27N5O3S. The number of aryl methyl sites for hydroxylation is 1. The first-order valence-electron chi connectivity index (χ1n) is 11.2. The van der Waals surface area contributed by atoms with Crippen molar-refractivity contribution < 1.29 is 14.4 Å². The fourth-order valence-electron chi connectivity index (χ4n) is 4.87. The SMILES string of the molecule is Cc1csc(NC(=O)CN2C(=O)C3CCCCN3c3ccc(C(=O)N4CCCC4)cc32)n1. The van der Waals surface area contributed by atoms with Crippen LogP contribution in [0.4, 0.5) is 16.5 Å². The summed E-state index contributed by atoms with van der Waals surface area (Å²) in [5, 5.41) is 5.19. The van der Waals surface area contributed by atoms with E-state index < -0.39 is 0 Å². The maximum Gasteiger partial charge on any atom is 0.253 e. The number of carbonyl (C=O) groups excluding carboxylic acids is 3. The van der Waals surface area contributed by atoms with E-state index in [0.717, 1.165) is 63.1 Å². The van der Waals surface area contributed by atoms with Gasteiger partial charge in [0.2, 0.25) is 11.8 Å². The van der Waals surface area contributed by atoms with Gasteiger partial charge in [0.25, 0.3) is 5.91 Å². The molecule has 0 bridgehead atoms. The van der Waals surface area contributed by atoms with E-state index >= 15 is 0 Å². The molecular weight excluding hydrogens is 426 g/mol. The minimum Gasteiger partial charge on any atom is -0.358 e. The Hall–Kier alpha value is -2.94. The van der Waals surface area contributed by atoms with Crippen LogP contribution in [0.1, 0.15) is 48.2 Å². The first-order chi connectivity index (χ1) is 15.5. The van der Waals surface area contributed by atoms with Gasteiger partial charge < -0.3 is 15.1 Å². The zero-order valence-electron chi connectivity index (χ0n) is 18.2. The Bertz CT molecular complexity index is 1060. The van der Waals surface area contributed by atoms with Gasteiger partial charge in [0.05, 0.1) is 17.1 Å². The van der Waals surface area contributed by atoms with Crippen molar-refractivity contribution in [3.05, 3.63) is 34.8 Å². The number of hydrogen-bond donors (Lipinski definition) is 1. The molecule has 3 aliphatic rings. The van der Waals surface area contributed by atoms with Crippen molar-refractivity contribution >= 4 is 45.6 Å². The summed E-state index contributed by atoms with van der Waals surface area (Å²) in [5.74, 6) is -0.381. The van der Waals surface area contributed by atoms with E-state index in [0.29, 0.717) is 16.4 Å². The van der Waals surface area contributed by atoms with E-state index in [9.17, 15) is 14.4 Å². The summed E-state index contributed by atoms with van der Waals surface area (Å²) in [6.07, 6.45) is 4.84. The average molecular weight is 454 g/mol. The third-order valence-electron chi connectivity index (χ3n) is 6.44. The second-order valence-corrected chi connectivity index (χ2v) is 9.53. The lowest BCUT2D eigenvalue weighted by Gasteiger charge is -2.45. The molecule has 32 heavy (non-hydrogen) atoms. The Balaban J connectivity index is 1.46. The summed E-state index contributed by atoms with van der Waals surface area (Å²) in [4.78, 5) is 49.1. The van der Waals surface area contributed by atoms with Crippen LogP contribution in [-0.2, 0) is 9.59 Å². The zero-order valence-corrected chi connectivity index (χ0v) is 19.0. The van der Waals surface area contributed by atoms with Crippen LogP contribution < -0.4 is 15.1 Å². The van der Waals surface area contributed by atoms with Crippen LogP contribution >= 0.6 is 11.3 Å². The predicted molar refractivity (Wildman–Crippen MR) is 124 cm³/mol. The minimum atomic E-state index is -0.292. The molecule has 1 unspecified atom stereocenters. The lowest BCUT2D eigenvalue weighted by Crippen LogP contribution is -2.56. The van der Waals surface area contributed by atoms with Crippen molar-refractivity contribution in [3.8, 4) is 0 Å². The normalized spacial score (nSPS) is 20.2. The number of fused-ring (bicyclic) bond motifs is 3. The van der Waals surface area contributed by atoms with Crippen molar-refractivity contribution in [3.63, 3.8) is 0 Å². The lowest BCUT2D eigenvalue weighted by molar-refractivity contribution is -0.123. The molecule has 1 N–H and O–H groups in total. The molecule has 1 aromatic heterocycles. The van der Waals surface area contributed by atoms with E-state index in [1.165, 1.54) is 11.3 Å². The van der Waals surface area contributed by atoms with E-state index in [1.807, 2.05) is 29.3 Å². The molecule has 0 radical (unpaired) electrons. The van der Waals surface area contributed by atoms with Crippen LogP contribution in [0, 0.1) is 6.92 Å². The van der Waals surface area contributed by atoms with Gasteiger partial charge in [-0.05, 0) is 57.2 Å². The highest BCUT2D eigenvalue weighted by Crippen LogP contribution is 2.40. The monoisotopic (exact) mass is 453 g/mol. The van der Waals surface area contributed by atoms with Crippen molar-refractivity contribution in [2.24, 2.45) is 0 Å². The highest BCUT2D eigenvalue weighted by Gasteiger charge is 2.40. The quantitative estimate of drug-likeness (QED) is 0.769. The molecule has 0 saturated carbocycles. The van der Waals surface area contributed by atoms with Gasteiger partial charge in [-0.2, -0.15) is 0 Å². The Morgan fingerprint density at radius 2 is 1.91 bits per heavy atom. The number of hydrogen-bond acceptors (Lipinski definition) is 6. The topological polar surface area (TPSA) is 85.8 Å². The maximum atomic E-state index is 13.4. The van der Waals surface area contributed by atoms with Crippen molar-refractivity contribution in [2.75, 3.05) is 41.3 Å². The smallest absolute Gasteiger partial charge is 0.253 e. The number of anilines is 3. The van der Waals surface area contributed by atoms with Crippen LogP contribution in [0.5, 0.6) is 0 Å². The van der Waals surface area contributed by atoms with Crippen LogP contribution in [0.2, 0.25) is 0 Å². The Morgan fingerprint density at radius 3 is 2.66 bits per heavy atom. The fraction of sp³-hybridized carbons (Fsp3) is 0.478. The highest BCUT2D eigenvalue weighted by atomic mass is 32.1. The number of rotatable bonds is 4. The van der Waals surface area contributed by atoms with E-state index in [2.05, 4.69) is 15.2 Å². The fourth-order valence-corrected chi connectivity index (χ4v) is 5.57. The van der Waals surface area contributed by atoms with Gasteiger partial charge in [-0.25, -0.2) is 4.98 Å². The number of aromatic nitrogens is 1. The predicted octanol–water partition coefficient (Wildman–Crippen LogP) is 3.03. The van der Waals surface area contributed by atoms with Crippen molar-refractivity contribution in [1.82, 2.24) is 9.88 Å². The van der Waals surface area contributed by atoms with Gasteiger partial charge in [0.1, 0.15) is 12.6 Å². The summed E-state index contributed by atoms with van der Waals surface area (Å²) in [7, 11) is 0. The molecule has 2 saturated heterocycles. The first-order valence-corrected chi connectivity index (χ1v) is 12.1. The largest absolute Gasteiger partial charge is 0.358 e. The van der Waals surface area contributed by atoms with Gasteiger partial charge in [0.15, 0.2) is 5.13 Å². The summed E-state index contributed by atoms with van der Waals surface area (Å²) in [6.45, 7) is 4.11. The van der Waals surface area contributed by atoms with Crippen LogP contribution in [0.3, 0.4) is 0 Å². The van der Waals surface area contributed by atoms with Gasteiger partial charge >= 0.3 is 0 Å². The summed E-state index contributed by atoms with van der Waals surface area (Å²) in [5.41, 5.74) is 2.97. The van der Waals surface area contributed by atoms with Crippen LogP contribution in [-0.4, -0.2) is 59.8 Å². The molecule has 3 aliphatic heterocycles. The number of nitrogens with zero attached hydrogens (tertiary/aromatic N) is 4. The standard InChI is InChI=1S/C23H27N5O3S/c1-15-14-32-23(24-15)25-20(29)13-28-19-12-16(21(30)26-9-4-5-10-26)7-8-17(19)27-11-3-2-6-18(27)22(28)31/h7-8,12,14,18H,2-6,9-11,13H2,1H3,(H,24,25,29). The summed E-state index contributed by atoms with van der Waals surface area (Å²) in [6, 6.07) is 5.33. The van der Waals surface area contributed by atoms with Crippen LogP contribution in [0.25, 0.3) is 0 Å². The molecule has 0 spiro atoms. The second kappa shape index (κ2) is 8.54. The average Bonchev–Trinajstić information content (AvgIpc) is 3.48. The summed E-state index contributed by atoms with van der Waals surface area (Å²) < 4.78 is 0. The van der Waals surface area contributed by atoms with Crippen molar-refractivity contribution in [1.29, 1.82) is 0 Å². The van der Waals surface area contributed by atoms with Gasteiger partial charge in [-0.3, -0.25) is 19.3 Å². The Labute approximate surface area is 191 Å². The van der Waals surface area contributed by atoms with E-state index in [1.54, 1.807) is 11.0 Å². The molecule has 8 nitrogen and oxygen atoms in total. The number of carbonyl (C=O) groups is 3. The molecule has 4 heterocycles. The summed E-state index contributed by atoms with van der Waals surface area (Å²) >= 11 is 1.36. The van der Waals surface area contributed by atoms with Gasteiger partial charge in [-0.1, -0.05) is 0 Å². The maximum absolute atomic E-state index is 13.4. The molecule has 2 aromatic rings. The molecule has 0 aliphatic carbocycles. The Morgan fingerprint density at radius 1 is 1.12 bits per heavy atom. The van der Waals surface area contributed by atoms with Crippen molar-refractivity contribution in [2.45, 2.75) is 45.1 Å². The molecule has 1 atom stereocenters. The zero-order chi connectivity index (χ0) is 22.2. The van der Waals surface area contributed by atoms with E-state index in [-0.39, 0.29) is 30.3 Å². The number of likely N-dealkylation sites (tertiary alicyclic amines) is 1.